The van der Waals surface area contributed by atoms with Gasteiger partial charge >= 0.3 is 0 Å². The average molecular weight is 330 g/mol. The molecule has 23 heavy (non-hydrogen) atoms. The van der Waals surface area contributed by atoms with E-state index < -0.39 is 0 Å². The van der Waals surface area contributed by atoms with Crippen molar-refractivity contribution in [3.63, 3.8) is 0 Å². The van der Waals surface area contributed by atoms with E-state index in [2.05, 4.69) is 20.5 Å². The summed E-state index contributed by atoms with van der Waals surface area (Å²) in [4.78, 5) is 6.85. The lowest BCUT2D eigenvalue weighted by atomic mass is 10.2. The number of aromatic nitrogens is 1. The van der Waals surface area contributed by atoms with E-state index in [-0.39, 0.29) is 0 Å². The Labute approximate surface area is 142 Å². The third-order valence-corrected chi connectivity index (χ3v) is 4.17. The molecule has 1 saturated heterocycles. The van der Waals surface area contributed by atoms with Crippen LogP contribution in [0.2, 0.25) is 0 Å². The van der Waals surface area contributed by atoms with Crippen LogP contribution in [-0.4, -0.2) is 54.4 Å². The van der Waals surface area contributed by atoms with Crippen molar-refractivity contribution in [3.05, 3.63) is 36.5 Å². The summed E-state index contributed by atoms with van der Waals surface area (Å²) in [7, 11) is 0. The van der Waals surface area contributed by atoms with E-state index in [1.54, 1.807) is 6.20 Å². The zero-order chi connectivity index (χ0) is 15.9. The lowest BCUT2D eigenvalue weighted by Crippen LogP contribution is -2.38. The maximum Gasteiger partial charge on any atom is 0.170 e. The molecule has 2 N–H and O–H groups in total. The second-order valence-electron chi connectivity index (χ2n) is 5.57. The highest BCUT2D eigenvalue weighted by Gasteiger charge is 2.09. The van der Waals surface area contributed by atoms with E-state index in [0.717, 1.165) is 62.4 Å². The van der Waals surface area contributed by atoms with Gasteiger partial charge in [-0.05, 0) is 37.3 Å². The van der Waals surface area contributed by atoms with Gasteiger partial charge in [0.15, 0.2) is 5.11 Å². The number of thiocarbonyl (C=S) groups is 1. The van der Waals surface area contributed by atoms with Crippen molar-refractivity contribution in [1.82, 2.24) is 15.2 Å². The molecule has 0 spiro atoms. The van der Waals surface area contributed by atoms with E-state index in [4.69, 9.17) is 17.0 Å². The highest BCUT2D eigenvalue weighted by Crippen LogP contribution is 2.20. The third-order valence-electron chi connectivity index (χ3n) is 3.92. The van der Waals surface area contributed by atoms with Crippen LogP contribution < -0.4 is 10.6 Å². The number of morpholine rings is 1. The molecular formula is C17H22N4OS. The molecule has 1 fully saturated rings. The minimum Gasteiger partial charge on any atom is -0.379 e. The van der Waals surface area contributed by atoms with Crippen LogP contribution in [0.1, 0.15) is 6.42 Å². The Morgan fingerprint density at radius 1 is 1.22 bits per heavy atom. The smallest absolute Gasteiger partial charge is 0.170 e. The van der Waals surface area contributed by atoms with Gasteiger partial charge in [0.25, 0.3) is 0 Å². The number of nitrogens with zero attached hydrogens (tertiary/aromatic N) is 2. The van der Waals surface area contributed by atoms with Crippen LogP contribution >= 0.6 is 12.2 Å². The predicted octanol–water partition coefficient (Wildman–Crippen LogP) is 2.24. The summed E-state index contributed by atoms with van der Waals surface area (Å²) in [6.45, 7) is 5.70. The van der Waals surface area contributed by atoms with Gasteiger partial charge in [-0.1, -0.05) is 18.2 Å². The average Bonchev–Trinajstić information content (AvgIpc) is 2.60. The predicted molar refractivity (Wildman–Crippen MR) is 97.8 cm³/mol. The molecule has 6 heteroatoms. The van der Waals surface area contributed by atoms with Crippen molar-refractivity contribution in [1.29, 1.82) is 0 Å². The molecule has 1 aliphatic heterocycles. The molecule has 0 unspecified atom stereocenters. The molecule has 0 atom stereocenters. The van der Waals surface area contributed by atoms with Crippen molar-refractivity contribution in [3.8, 4) is 0 Å². The number of pyridine rings is 1. The summed E-state index contributed by atoms with van der Waals surface area (Å²) in [5, 5.41) is 8.27. The number of rotatable bonds is 5. The Kier molecular flexibility index (Phi) is 5.74. The van der Waals surface area contributed by atoms with Gasteiger partial charge in [0.2, 0.25) is 0 Å². The minimum atomic E-state index is 0.644. The number of fused-ring (bicyclic) bond motifs is 1. The lowest BCUT2D eigenvalue weighted by molar-refractivity contribution is 0.0376. The quantitative estimate of drug-likeness (QED) is 0.648. The van der Waals surface area contributed by atoms with Crippen LogP contribution in [0.5, 0.6) is 0 Å². The fraction of sp³-hybridized carbons (Fsp3) is 0.412. The van der Waals surface area contributed by atoms with Gasteiger partial charge in [-0.25, -0.2) is 0 Å². The molecule has 5 nitrogen and oxygen atoms in total. The van der Waals surface area contributed by atoms with Gasteiger partial charge in [0.1, 0.15) is 0 Å². The van der Waals surface area contributed by atoms with Gasteiger partial charge in [-0.3, -0.25) is 9.88 Å². The molecular weight excluding hydrogens is 308 g/mol. The van der Waals surface area contributed by atoms with Gasteiger partial charge < -0.3 is 15.4 Å². The third kappa shape index (κ3) is 4.60. The van der Waals surface area contributed by atoms with E-state index in [1.807, 2.05) is 30.3 Å². The number of ether oxygens (including phenoxy) is 1. The maximum absolute atomic E-state index is 5.39. The van der Waals surface area contributed by atoms with Crippen molar-refractivity contribution in [2.45, 2.75) is 6.42 Å². The maximum atomic E-state index is 5.39. The van der Waals surface area contributed by atoms with Crippen molar-refractivity contribution >= 4 is 33.9 Å². The highest BCUT2D eigenvalue weighted by molar-refractivity contribution is 7.80. The van der Waals surface area contributed by atoms with Crippen LogP contribution in [0.3, 0.4) is 0 Å². The van der Waals surface area contributed by atoms with Crippen LogP contribution in [-0.2, 0) is 4.74 Å². The second kappa shape index (κ2) is 8.19. The Morgan fingerprint density at radius 2 is 2.04 bits per heavy atom. The van der Waals surface area contributed by atoms with Crippen molar-refractivity contribution < 1.29 is 4.74 Å². The summed E-state index contributed by atoms with van der Waals surface area (Å²) >= 11 is 5.39. The Hall–Kier alpha value is -1.76. The van der Waals surface area contributed by atoms with E-state index >= 15 is 0 Å². The highest BCUT2D eigenvalue weighted by atomic mass is 32.1. The fourth-order valence-corrected chi connectivity index (χ4v) is 2.91. The van der Waals surface area contributed by atoms with Crippen molar-refractivity contribution in [2.24, 2.45) is 0 Å². The first-order valence-electron chi connectivity index (χ1n) is 8.01. The van der Waals surface area contributed by atoms with Crippen LogP contribution in [0.25, 0.3) is 10.9 Å². The van der Waals surface area contributed by atoms with Gasteiger partial charge in [0.05, 0.1) is 24.4 Å². The topological polar surface area (TPSA) is 49.4 Å². The standard InChI is InChI=1S/C17H22N4OS/c23-17(19-8-3-9-21-10-12-22-13-11-21)20-15-6-1-4-14-5-2-7-18-16(14)15/h1-2,4-7H,3,8-13H2,(H2,19,20,23). The molecule has 0 aliphatic carbocycles. The molecule has 3 rings (SSSR count). The number of hydrogen-bond acceptors (Lipinski definition) is 4. The van der Waals surface area contributed by atoms with Gasteiger partial charge in [0, 0.05) is 31.2 Å². The van der Waals surface area contributed by atoms with Gasteiger partial charge in [-0.15, -0.1) is 0 Å². The molecule has 0 radical (unpaired) electrons. The molecule has 1 aromatic carbocycles. The number of benzene rings is 1. The second-order valence-corrected chi connectivity index (χ2v) is 5.98. The van der Waals surface area contributed by atoms with E-state index in [0.29, 0.717) is 5.11 Å². The molecule has 2 heterocycles. The van der Waals surface area contributed by atoms with Crippen LogP contribution in [0, 0.1) is 0 Å². The SMILES string of the molecule is S=C(NCCCN1CCOCC1)Nc1cccc2cccnc12. The number of hydrogen-bond donors (Lipinski definition) is 2. The molecule has 1 aromatic heterocycles. The summed E-state index contributed by atoms with van der Waals surface area (Å²) in [6, 6.07) is 10.0. The van der Waals surface area contributed by atoms with E-state index in [1.165, 1.54) is 0 Å². The first-order chi connectivity index (χ1) is 11.3. The first-order valence-corrected chi connectivity index (χ1v) is 8.42. The molecule has 2 aromatic rings. The largest absolute Gasteiger partial charge is 0.379 e. The Balaban J connectivity index is 1.45. The van der Waals surface area contributed by atoms with Crippen molar-refractivity contribution in [2.75, 3.05) is 44.7 Å². The zero-order valence-corrected chi connectivity index (χ0v) is 13.9. The summed E-state index contributed by atoms with van der Waals surface area (Å²) in [5.41, 5.74) is 1.88. The summed E-state index contributed by atoms with van der Waals surface area (Å²) < 4.78 is 5.35. The van der Waals surface area contributed by atoms with Crippen LogP contribution in [0.4, 0.5) is 5.69 Å². The first kappa shape index (κ1) is 16.1. The minimum absolute atomic E-state index is 0.644. The monoisotopic (exact) mass is 330 g/mol. The summed E-state index contributed by atoms with van der Waals surface area (Å²) in [5.74, 6) is 0. The fourth-order valence-electron chi connectivity index (χ4n) is 2.70. The Morgan fingerprint density at radius 3 is 2.91 bits per heavy atom. The number of para-hydroxylation sites is 1. The lowest BCUT2D eigenvalue weighted by Gasteiger charge is -2.26. The molecule has 122 valence electrons. The number of nitrogens with one attached hydrogen (secondary N) is 2. The normalized spacial score (nSPS) is 15.5. The molecule has 1 aliphatic rings. The Bertz CT molecular complexity index is 653. The summed E-state index contributed by atoms with van der Waals surface area (Å²) in [6.07, 6.45) is 2.86. The van der Waals surface area contributed by atoms with E-state index in [9.17, 15) is 0 Å². The molecule has 0 saturated carbocycles. The number of anilines is 1. The van der Waals surface area contributed by atoms with Crippen LogP contribution in [0.15, 0.2) is 36.5 Å². The molecule has 0 bridgehead atoms. The zero-order valence-electron chi connectivity index (χ0n) is 13.1. The molecule has 0 amide bonds. The van der Waals surface area contributed by atoms with Gasteiger partial charge in [-0.2, -0.15) is 0 Å².